The highest BCUT2D eigenvalue weighted by Crippen LogP contribution is 2.31. The molecule has 22 heavy (non-hydrogen) atoms. The van der Waals surface area contributed by atoms with Gasteiger partial charge < -0.3 is 9.64 Å². The summed E-state index contributed by atoms with van der Waals surface area (Å²) in [4.78, 5) is 13.5. The zero-order valence-electron chi connectivity index (χ0n) is 12.7. The second kappa shape index (κ2) is 6.69. The smallest absolute Gasteiger partial charge is 0.371 e. The summed E-state index contributed by atoms with van der Waals surface area (Å²) in [7, 11) is 1.63. The quantitative estimate of drug-likeness (QED) is 0.802. The van der Waals surface area contributed by atoms with Crippen LogP contribution in [-0.2, 0) is 15.7 Å². The zero-order valence-corrected chi connectivity index (χ0v) is 12.7. The van der Waals surface area contributed by atoms with E-state index in [4.69, 9.17) is 4.74 Å². The third kappa shape index (κ3) is 4.47. The van der Waals surface area contributed by atoms with Crippen molar-refractivity contribution >= 4 is 5.91 Å². The Morgan fingerprint density at radius 1 is 1.32 bits per heavy atom. The van der Waals surface area contributed by atoms with E-state index < -0.39 is 11.7 Å². The monoisotopic (exact) mass is 315 g/mol. The van der Waals surface area contributed by atoms with Crippen molar-refractivity contribution in [1.82, 2.24) is 4.90 Å². The maximum absolute atomic E-state index is 12.5. The Kier molecular flexibility index (Phi) is 5.11. The zero-order chi connectivity index (χ0) is 16.3. The largest absolute Gasteiger partial charge is 0.416 e. The number of nitrogens with zero attached hydrogens (tertiary/aromatic N) is 1. The number of carbonyl (C=O) groups excluding carboxylic acids is 1. The van der Waals surface area contributed by atoms with Crippen molar-refractivity contribution in [1.29, 1.82) is 0 Å². The van der Waals surface area contributed by atoms with Crippen LogP contribution in [0.2, 0.25) is 0 Å². The molecule has 0 bridgehead atoms. The van der Waals surface area contributed by atoms with E-state index in [9.17, 15) is 18.0 Å². The van der Waals surface area contributed by atoms with Crippen molar-refractivity contribution in [3.8, 4) is 0 Å². The van der Waals surface area contributed by atoms with Crippen molar-refractivity contribution in [3.63, 3.8) is 0 Å². The van der Waals surface area contributed by atoms with Crippen LogP contribution >= 0.6 is 0 Å². The molecular formula is C16H20F3NO2. The van der Waals surface area contributed by atoms with Crippen LogP contribution in [0.1, 0.15) is 36.9 Å². The molecule has 1 unspecified atom stereocenters. The Hall–Kier alpha value is -1.56. The molecule has 6 heteroatoms. The van der Waals surface area contributed by atoms with Crippen LogP contribution in [0.5, 0.6) is 0 Å². The lowest BCUT2D eigenvalue weighted by molar-refractivity contribution is -0.138. The maximum atomic E-state index is 12.5. The summed E-state index contributed by atoms with van der Waals surface area (Å²) in [5.74, 6) is 0.415. The molecule has 0 N–H and O–H groups in total. The molecule has 1 saturated carbocycles. The fraction of sp³-hybridized carbons (Fsp3) is 0.562. The lowest BCUT2D eigenvalue weighted by Crippen LogP contribution is -2.33. The van der Waals surface area contributed by atoms with Crippen LogP contribution in [0.25, 0.3) is 0 Å². The molecule has 0 aliphatic heterocycles. The third-order valence-electron chi connectivity index (χ3n) is 3.97. The summed E-state index contributed by atoms with van der Waals surface area (Å²) in [6.07, 6.45) is -2.03. The molecule has 1 fully saturated rings. The van der Waals surface area contributed by atoms with E-state index in [1.165, 1.54) is 17.0 Å². The first kappa shape index (κ1) is 16.8. The molecule has 3 nitrogen and oxygen atoms in total. The summed E-state index contributed by atoms with van der Waals surface area (Å²) in [5.41, 5.74) is -0.0313. The summed E-state index contributed by atoms with van der Waals surface area (Å²) in [6, 6.07) is 4.57. The normalized spacial score (nSPS) is 16.4. The number of carbonyl (C=O) groups is 1. The minimum Gasteiger partial charge on any atom is -0.371 e. The number of halogens is 3. The SMILES string of the molecule is CC(c1ccc(C(F)(F)F)cc1)N(C)C(=O)COCC1CC1. The molecule has 1 aliphatic carbocycles. The highest BCUT2D eigenvalue weighted by molar-refractivity contribution is 5.77. The Morgan fingerprint density at radius 2 is 1.91 bits per heavy atom. The van der Waals surface area contributed by atoms with Gasteiger partial charge in [-0.15, -0.1) is 0 Å². The van der Waals surface area contributed by atoms with Gasteiger partial charge in [0.1, 0.15) is 6.61 Å². The van der Waals surface area contributed by atoms with E-state index in [0.29, 0.717) is 18.1 Å². The number of hydrogen-bond acceptors (Lipinski definition) is 2. The van der Waals surface area contributed by atoms with Gasteiger partial charge in [0.05, 0.1) is 18.2 Å². The maximum Gasteiger partial charge on any atom is 0.416 e. The molecule has 1 atom stereocenters. The van der Waals surface area contributed by atoms with E-state index in [0.717, 1.165) is 25.0 Å². The molecule has 0 saturated heterocycles. The Morgan fingerprint density at radius 3 is 2.41 bits per heavy atom. The number of hydrogen-bond donors (Lipinski definition) is 0. The number of alkyl halides is 3. The molecule has 1 amide bonds. The number of benzene rings is 1. The molecular weight excluding hydrogens is 295 g/mol. The Bertz CT molecular complexity index is 509. The van der Waals surface area contributed by atoms with Gasteiger partial charge in [-0.3, -0.25) is 4.79 Å². The fourth-order valence-electron chi connectivity index (χ4n) is 2.09. The van der Waals surface area contributed by atoms with E-state index in [2.05, 4.69) is 0 Å². The Balaban J connectivity index is 1.90. The first-order chi connectivity index (χ1) is 10.3. The molecule has 0 spiro atoms. The lowest BCUT2D eigenvalue weighted by atomic mass is 10.0. The van der Waals surface area contributed by atoms with Gasteiger partial charge in [-0.2, -0.15) is 13.2 Å². The van der Waals surface area contributed by atoms with Gasteiger partial charge in [0.25, 0.3) is 0 Å². The van der Waals surface area contributed by atoms with Crippen molar-refractivity contribution in [2.24, 2.45) is 5.92 Å². The molecule has 1 aliphatic rings. The van der Waals surface area contributed by atoms with E-state index >= 15 is 0 Å². The van der Waals surface area contributed by atoms with Crippen LogP contribution in [0.15, 0.2) is 24.3 Å². The number of amides is 1. The van der Waals surface area contributed by atoms with E-state index in [1.807, 2.05) is 0 Å². The van der Waals surface area contributed by atoms with Gasteiger partial charge in [0.15, 0.2) is 0 Å². The van der Waals surface area contributed by atoms with Gasteiger partial charge >= 0.3 is 6.18 Å². The van der Waals surface area contributed by atoms with E-state index in [-0.39, 0.29) is 18.6 Å². The van der Waals surface area contributed by atoms with Gasteiger partial charge in [-0.05, 0) is 43.4 Å². The lowest BCUT2D eigenvalue weighted by Gasteiger charge is -2.25. The van der Waals surface area contributed by atoms with Crippen LogP contribution in [0.3, 0.4) is 0 Å². The van der Waals surface area contributed by atoms with Gasteiger partial charge in [0, 0.05) is 7.05 Å². The van der Waals surface area contributed by atoms with Crippen LogP contribution in [-0.4, -0.2) is 31.1 Å². The van der Waals surface area contributed by atoms with Crippen LogP contribution in [0.4, 0.5) is 13.2 Å². The molecule has 0 aromatic heterocycles. The molecule has 2 rings (SSSR count). The van der Waals surface area contributed by atoms with Crippen LogP contribution in [0, 0.1) is 5.92 Å². The number of rotatable bonds is 6. The molecule has 0 radical (unpaired) electrons. The second-order valence-corrected chi connectivity index (χ2v) is 5.76. The van der Waals surface area contributed by atoms with Crippen molar-refractivity contribution in [2.75, 3.05) is 20.3 Å². The van der Waals surface area contributed by atoms with Crippen molar-refractivity contribution in [2.45, 2.75) is 32.0 Å². The van der Waals surface area contributed by atoms with Gasteiger partial charge in [-0.1, -0.05) is 12.1 Å². The summed E-state index contributed by atoms with van der Waals surface area (Å²) >= 11 is 0. The average molecular weight is 315 g/mol. The second-order valence-electron chi connectivity index (χ2n) is 5.76. The molecule has 1 aromatic rings. The van der Waals surface area contributed by atoms with E-state index in [1.54, 1.807) is 14.0 Å². The number of ether oxygens (including phenoxy) is 1. The Labute approximate surface area is 128 Å². The standard InChI is InChI=1S/C16H20F3NO2/c1-11(13-5-7-14(8-6-13)16(17,18)19)20(2)15(21)10-22-9-12-3-4-12/h5-8,11-12H,3-4,9-10H2,1-2H3. The first-order valence-electron chi connectivity index (χ1n) is 7.29. The highest BCUT2D eigenvalue weighted by Gasteiger charge is 2.30. The first-order valence-corrected chi connectivity index (χ1v) is 7.29. The molecule has 1 aromatic carbocycles. The van der Waals surface area contributed by atoms with Gasteiger partial charge in [0.2, 0.25) is 5.91 Å². The third-order valence-corrected chi connectivity index (χ3v) is 3.97. The predicted molar refractivity (Wildman–Crippen MR) is 76.2 cm³/mol. The minimum absolute atomic E-state index is 0.0119. The average Bonchev–Trinajstić information content (AvgIpc) is 3.29. The van der Waals surface area contributed by atoms with Crippen molar-refractivity contribution in [3.05, 3.63) is 35.4 Å². The topological polar surface area (TPSA) is 29.5 Å². The van der Waals surface area contributed by atoms with Gasteiger partial charge in [-0.25, -0.2) is 0 Å². The summed E-state index contributed by atoms with van der Waals surface area (Å²) in [5, 5.41) is 0. The van der Waals surface area contributed by atoms with Crippen molar-refractivity contribution < 1.29 is 22.7 Å². The molecule has 0 heterocycles. The minimum atomic E-state index is -4.35. The fourth-order valence-corrected chi connectivity index (χ4v) is 2.09. The van der Waals surface area contributed by atoms with Crippen LogP contribution < -0.4 is 0 Å². The molecule has 122 valence electrons. The predicted octanol–water partition coefficient (Wildman–Crippen LogP) is 3.65. The summed E-state index contributed by atoms with van der Waals surface area (Å²) in [6.45, 7) is 2.40. The number of likely N-dealkylation sites (N-methyl/N-ethyl adjacent to an activating group) is 1. The summed E-state index contributed by atoms with van der Waals surface area (Å²) < 4.78 is 43.0. The highest BCUT2D eigenvalue weighted by atomic mass is 19.4.